The lowest BCUT2D eigenvalue weighted by Crippen LogP contribution is -2.15. The molecule has 1 saturated heterocycles. The van der Waals surface area contributed by atoms with Crippen LogP contribution in [-0.4, -0.2) is 38.9 Å². The van der Waals surface area contributed by atoms with Gasteiger partial charge in [-0.15, -0.1) is 0 Å². The molecule has 0 radical (unpaired) electrons. The molecule has 0 unspecified atom stereocenters. The van der Waals surface area contributed by atoms with Gasteiger partial charge in [0.15, 0.2) is 5.65 Å². The minimum atomic E-state index is -0.974. The summed E-state index contributed by atoms with van der Waals surface area (Å²) in [5.41, 5.74) is 2.39. The van der Waals surface area contributed by atoms with Crippen LogP contribution in [0, 0.1) is 0 Å². The van der Waals surface area contributed by atoms with Gasteiger partial charge in [-0.2, -0.15) is 5.10 Å². The first-order valence-electron chi connectivity index (χ1n) is 6.57. The fraction of sp³-hybridized carbons (Fsp3) is 0.357. The van der Waals surface area contributed by atoms with Gasteiger partial charge in [-0.1, -0.05) is 0 Å². The van der Waals surface area contributed by atoms with Gasteiger partial charge in [-0.05, 0) is 25.0 Å². The quantitative estimate of drug-likeness (QED) is 0.862. The molecular formula is C14H15N3O3. The van der Waals surface area contributed by atoms with E-state index in [1.807, 2.05) is 6.20 Å². The smallest absolute Gasteiger partial charge is 0.328 e. The lowest BCUT2D eigenvalue weighted by Gasteiger charge is -2.20. The molecule has 0 spiro atoms. The van der Waals surface area contributed by atoms with Crippen molar-refractivity contribution in [3.05, 3.63) is 35.8 Å². The topological polar surface area (TPSA) is 76.7 Å². The molecule has 1 aliphatic rings. The van der Waals surface area contributed by atoms with Crippen LogP contribution in [0.15, 0.2) is 24.5 Å². The number of carboxylic acids is 1. The molecular weight excluding hydrogens is 258 g/mol. The van der Waals surface area contributed by atoms with Crippen molar-refractivity contribution in [2.24, 2.45) is 0 Å². The van der Waals surface area contributed by atoms with Crippen LogP contribution >= 0.6 is 0 Å². The van der Waals surface area contributed by atoms with E-state index in [9.17, 15) is 4.79 Å². The Kier molecular flexibility index (Phi) is 3.47. The highest BCUT2D eigenvalue weighted by Crippen LogP contribution is 2.30. The van der Waals surface area contributed by atoms with Crippen molar-refractivity contribution in [1.82, 2.24) is 14.6 Å². The number of hydrogen-bond donors (Lipinski definition) is 1. The van der Waals surface area contributed by atoms with Crippen molar-refractivity contribution in [3.63, 3.8) is 0 Å². The molecule has 104 valence electrons. The van der Waals surface area contributed by atoms with Gasteiger partial charge in [0.1, 0.15) is 0 Å². The predicted octanol–water partition coefficient (Wildman–Crippen LogP) is 1.72. The summed E-state index contributed by atoms with van der Waals surface area (Å²) in [6, 6.07) is 1.80. The number of fused-ring (bicyclic) bond motifs is 1. The molecule has 3 heterocycles. The van der Waals surface area contributed by atoms with Gasteiger partial charge in [-0.25, -0.2) is 14.3 Å². The van der Waals surface area contributed by atoms with Gasteiger partial charge in [0.05, 0.1) is 5.69 Å². The molecule has 6 nitrogen and oxygen atoms in total. The van der Waals surface area contributed by atoms with Crippen molar-refractivity contribution in [1.29, 1.82) is 0 Å². The van der Waals surface area contributed by atoms with Gasteiger partial charge in [0.25, 0.3) is 0 Å². The molecule has 3 rings (SSSR count). The standard InChI is InChI=1S/C14H15N3O3/c18-12(19)3-2-11-13(10-4-8-20-9-5-10)16-17-7-1-6-15-14(11)17/h1-3,6-7,10H,4-5,8-9H2,(H,18,19)/b3-2+. The lowest BCUT2D eigenvalue weighted by molar-refractivity contribution is -0.131. The Bertz CT molecular complexity index is 657. The highest BCUT2D eigenvalue weighted by molar-refractivity contribution is 5.87. The minimum absolute atomic E-state index is 0.291. The SMILES string of the molecule is O=C(O)/C=C/c1c(C2CCOCC2)nn2cccnc12. The maximum atomic E-state index is 10.8. The van der Waals surface area contributed by atoms with E-state index in [4.69, 9.17) is 9.84 Å². The molecule has 0 aliphatic carbocycles. The first-order chi connectivity index (χ1) is 9.75. The summed E-state index contributed by atoms with van der Waals surface area (Å²) in [5, 5.41) is 13.4. The summed E-state index contributed by atoms with van der Waals surface area (Å²) in [7, 11) is 0. The van der Waals surface area contributed by atoms with E-state index >= 15 is 0 Å². The Morgan fingerprint density at radius 1 is 1.45 bits per heavy atom. The zero-order valence-corrected chi connectivity index (χ0v) is 10.9. The summed E-state index contributed by atoms with van der Waals surface area (Å²) in [4.78, 5) is 15.1. The molecule has 0 atom stereocenters. The summed E-state index contributed by atoms with van der Waals surface area (Å²) >= 11 is 0. The van der Waals surface area contributed by atoms with Crippen LogP contribution in [0.3, 0.4) is 0 Å². The molecule has 2 aromatic rings. The van der Waals surface area contributed by atoms with E-state index in [1.54, 1.807) is 22.9 Å². The van der Waals surface area contributed by atoms with Crippen LogP contribution in [0.2, 0.25) is 0 Å². The van der Waals surface area contributed by atoms with E-state index in [0.717, 1.165) is 30.2 Å². The van der Waals surface area contributed by atoms with E-state index in [2.05, 4.69) is 10.1 Å². The second kappa shape index (κ2) is 5.42. The lowest BCUT2D eigenvalue weighted by atomic mass is 9.93. The maximum Gasteiger partial charge on any atom is 0.328 e. The van der Waals surface area contributed by atoms with Crippen LogP contribution in [0.5, 0.6) is 0 Å². The van der Waals surface area contributed by atoms with Crippen molar-refractivity contribution in [2.45, 2.75) is 18.8 Å². The van der Waals surface area contributed by atoms with Crippen molar-refractivity contribution in [3.8, 4) is 0 Å². The summed E-state index contributed by atoms with van der Waals surface area (Å²) < 4.78 is 7.07. The second-order valence-electron chi connectivity index (χ2n) is 4.75. The van der Waals surface area contributed by atoms with Crippen LogP contribution in [0.25, 0.3) is 11.7 Å². The average Bonchev–Trinajstić information content (AvgIpc) is 2.84. The van der Waals surface area contributed by atoms with Gasteiger partial charge in [0, 0.05) is 43.2 Å². The predicted molar refractivity (Wildman–Crippen MR) is 72.5 cm³/mol. The van der Waals surface area contributed by atoms with Crippen LogP contribution < -0.4 is 0 Å². The third kappa shape index (κ3) is 2.42. The number of carbonyl (C=O) groups is 1. The highest BCUT2D eigenvalue weighted by atomic mass is 16.5. The number of rotatable bonds is 3. The normalized spacial score (nSPS) is 17.0. The largest absolute Gasteiger partial charge is 0.478 e. The number of hydrogen-bond acceptors (Lipinski definition) is 4. The molecule has 1 fully saturated rings. The fourth-order valence-electron chi connectivity index (χ4n) is 2.51. The Morgan fingerprint density at radius 3 is 3.00 bits per heavy atom. The molecule has 20 heavy (non-hydrogen) atoms. The zero-order chi connectivity index (χ0) is 13.9. The van der Waals surface area contributed by atoms with Gasteiger partial charge in [-0.3, -0.25) is 0 Å². The van der Waals surface area contributed by atoms with E-state index in [-0.39, 0.29) is 0 Å². The minimum Gasteiger partial charge on any atom is -0.478 e. The van der Waals surface area contributed by atoms with E-state index in [0.29, 0.717) is 24.8 Å². The highest BCUT2D eigenvalue weighted by Gasteiger charge is 2.23. The molecule has 0 saturated carbocycles. The van der Waals surface area contributed by atoms with Crippen LogP contribution in [0.1, 0.15) is 30.0 Å². The Balaban J connectivity index is 2.09. The first-order valence-corrected chi connectivity index (χ1v) is 6.57. The number of aromatic nitrogens is 3. The van der Waals surface area contributed by atoms with Crippen molar-refractivity contribution in [2.75, 3.05) is 13.2 Å². The first kappa shape index (κ1) is 12.8. The summed E-state index contributed by atoms with van der Waals surface area (Å²) in [6.45, 7) is 1.43. The van der Waals surface area contributed by atoms with Crippen molar-refractivity contribution < 1.29 is 14.6 Å². The van der Waals surface area contributed by atoms with Gasteiger partial charge >= 0.3 is 5.97 Å². The number of ether oxygens (including phenoxy) is 1. The third-order valence-corrected chi connectivity index (χ3v) is 3.46. The number of nitrogens with zero attached hydrogens (tertiary/aromatic N) is 3. The second-order valence-corrected chi connectivity index (χ2v) is 4.75. The summed E-state index contributed by atoms with van der Waals surface area (Å²) in [5.74, 6) is -0.683. The van der Waals surface area contributed by atoms with Gasteiger partial charge < -0.3 is 9.84 Å². The molecule has 1 aliphatic heterocycles. The molecule has 0 bridgehead atoms. The zero-order valence-electron chi connectivity index (χ0n) is 10.9. The fourth-order valence-corrected chi connectivity index (χ4v) is 2.51. The monoisotopic (exact) mass is 273 g/mol. The van der Waals surface area contributed by atoms with E-state index in [1.165, 1.54) is 0 Å². The molecule has 0 amide bonds. The molecule has 0 aromatic carbocycles. The Morgan fingerprint density at radius 2 is 2.25 bits per heavy atom. The van der Waals surface area contributed by atoms with Crippen LogP contribution in [0.4, 0.5) is 0 Å². The number of aliphatic carboxylic acids is 1. The summed E-state index contributed by atoms with van der Waals surface area (Å²) in [6.07, 6.45) is 8.03. The average molecular weight is 273 g/mol. The number of carboxylic acid groups (broad SMARTS) is 1. The van der Waals surface area contributed by atoms with Crippen molar-refractivity contribution >= 4 is 17.7 Å². The Hall–Kier alpha value is -2.21. The Labute approximate surface area is 115 Å². The van der Waals surface area contributed by atoms with Gasteiger partial charge in [0.2, 0.25) is 0 Å². The molecule has 6 heteroatoms. The maximum absolute atomic E-state index is 10.8. The third-order valence-electron chi connectivity index (χ3n) is 3.46. The molecule has 1 N–H and O–H groups in total. The molecule has 2 aromatic heterocycles. The van der Waals surface area contributed by atoms with Crippen LogP contribution in [-0.2, 0) is 9.53 Å². The van der Waals surface area contributed by atoms with E-state index < -0.39 is 5.97 Å².